The third-order valence-corrected chi connectivity index (χ3v) is 3.92. The van der Waals surface area contributed by atoms with Gasteiger partial charge in [-0.05, 0) is 27.7 Å². The Hall–Kier alpha value is -1.89. The van der Waals surface area contributed by atoms with Gasteiger partial charge in [-0.15, -0.1) is 11.3 Å². The van der Waals surface area contributed by atoms with Crippen LogP contribution in [0.2, 0.25) is 0 Å². The zero-order chi connectivity index (χ0) is 14.7. The maximum Gasteiger partial charge on any atom is 0.360 e. The highest BCUT2D eigenvalue weighted by Crippen LogP contribution is 2.27. The van der Waals surface area contributed by atoms with E-state index in [1.807, 2.05) is 20.8 Å². The quantitative estimate of drug-likeness (QED) is 0.854. The van der Waals surface area contributed by atoms with Gasteiger partial charge in [0.15, 0.2) is 5.69 Å². The van der Waals surface area contributed by atoms with Crippen LogP contribution in [-0.4, -0.2) is 22.5 Å². The van der Waals surface area contributed by atoms with E-state index in [2.05, 4.69) is 15.3 Å². The molecule has 0 fully saturated rings. The van der Waals surface area contributed by atoms with Gasteiger partial charge in [0.1, 0.15) is 6.26 Å². The van der Waals surface area contributed by atoms with Crippen molar-refractivity contribution in [3.63, 3.8) is 0 Å². The fraction of sp³-hybridized carbons (Fsp3) is 0.462. The number of thiazole rings is 1. The summed E-state index contributed by atoms with van der Waals surface area (Å²) < 4.78 is 10.1. The number of carbonyl (C=O) groups is 1. The summed E-state index contributed by atoms with van der Waals surface area (Å²) in [7, 11) is 0. The maximum absolute atomic E-state index is 11.5. The second kappa shape index (κ2) is 6.04. The molecule has 0 aliphatic carbocycles. The van der Waals surface area contributed by atoms with Crippen LogP contribution in [0, 0.1) is 13.8 Å². The van der Waals surface area contributed by atoms with E-state index < -0.39 is 5.97 Å². The van der Waals surface area contributed by atoms with Crippen LogP contribution in [0.4, 0.5) is 6.01 Å². The molecule has 2 aromatic heterocycles. The number of anilines is 1. The SMILES string of the molecule is CCOC(=O)c1coc(NC(C)c2sc(C)nc2C)n1. The Kier molecular flexibility index (Phi) is 4.39. The molecule has 0 saturated heterocycles. The van der Waals surface area contributed by atoms with Crippen molar-refractivity contribution in [3.8, 4) is 0 Å². The number of nitrogens with zero attached hydrogens (tertiary/aromatic N) is 2. The Balaban J connectivity index is 2.07. The Labute approximate surface area is 121 Å². The number of hydrogen-bond donors (Lipinski definition) is 1. The standard InChI is InChI=1S/C13H17N3O3S/c1-5-18-12(17)10-6-19-13(16-10)15-8(3)11-7(2)14-9(4)20-11/h6,8H,5H2,1-4H3,(H,15,16). The molecule has 6 nitrogen and oxygen atoms in total. The predicted molar refractivity (Wildman–Crippen MR) is 76.1 cm³/mol. The summed E-state index contributed by atoms with van der Waals surface area (Å²) in [5.74, 6) is -0.484. The van der Waals surface area contributed by atoms with Gasteiger partial charge in [-0.2, -0.15) is 4.98 Å². The highest BCUT2D eigenvalue weighted by molar-refractivity contribution is 7.11. The van der Waals surface area contributed by atoms with Crippen molar-refractivity contribution in [2.75, 3.05) is 11.9 Å². The van der Waals surface area contributed by atoms with Crippen molar-refractivity contribution in [1.82, 2.24) is 9.97 Å². The molecular formula is C13H17N3O3S. The number of hydrogen-bond acceptors (Lipinski definition) is 7. The van der Waals surface area contributed by atoms with Crippen molar-refractivity contribution in [3.05, 3.63) is 27.5 Å². The average Bonchev–Trinajstić information content (AvgIpc) is 2.96. The molecule has 0 radical (unpaired) electrons. The lowest BCUT2D eigenvalue weighted by molar-refractivity contribution is 0.0519. The Morgan fingerprint density at radius 2 is 2.25 bits per heavy atom. The number of carbonyl (C=O) groups excluding carboxylic acids is 1. The maximum atomic E-state index is 11.5. The number of aromatic nitrogens is 2. The van der Waals surface area contributed by atoms with Crippen molar-refractivity contribution in [2.24, 2.45) is 0 Å². The Bertz CT molecular complexity index is 606. The number of oxazole rings is 1. The van der Waals surface area contributed by atoms with E-state index in [-0.39, 0.29) is 11.7 Å². The van der Waals surface area contributed by atoms with Crippen molar-refractivity contribution in [1.29, 1.82) is 0 Å². The van der Waals surface area contributed by atoms with Crippen LogP contribution >= 0.6 is 11.3 Å². The van der Waals surface area contributed by atoms with Crippen LogP contribution in [0.5, 0.6) is 0 Å². The van der Waals surface area contributed by atoms with Crippen molar-refractivity contribution < 1.29 is 13.9 Å². The van der Waals surface area contributed by atoms with Gasteiger partial charge in [-0.25, -0.2) is 9.78 Å². The number of nitrogens with one attached hydrogen (secondary N) is 1. The summed E-state index contributed by atoms with van der Waals surface area (Å²) in [5.41, 5.74) is 1.16. The van der Waals surface area contributed by atoms with Gasteiger partial charge in [-0.1, -0.05) is 0 Å². The molecule has 0 saturated carbocycles. The number of aryl methyl sites for hydroxylation is 2. The van der Waals surface area contributed by atoms with Gasteiger partial charge in [0, 0.05) is 4.88 Å². The summed E-state index contributed by atoms with van der Waals surface area (Å²) in [6.45, 7) is 7.99. The minimum Gasteiger partial charge on any atom is -0.461 e. The molecule has 0 bridgehead atoms. The van der Waals surface area contributed by atoms with E-state index in [0.717, 1.165) is 15.6 Å². The lowest BCUT2D eigenvalue weighted by atomic mass is 10.2. The van der Waals surface area contributed by atoms with Crippen LogP contribution < -0.4 is 5.32 Å². The first-order chi connectivity index (χ1) is 9.51. The van der Waals surface area contributed by atoms with E-state index in [9.17, 15) is 4.79 Å². The smallest absolute Gasteiger partial charge is 0.360 e. The molecule has 108 valence electrons. The highest BCUT2D eigenvalue weighted by Gasteiger charge is 2.17. The highest BCUT2D eigenvalue weighted by atomic mass is 32.1. The Morgan fingerprint density at radius 1 is 1.50 bits per heavy atom. The molecule has 2 aromatic rings. The van der Waals surface area contributed by atoms with Crippen LogP contribution in [-0.2, 0) is 4.74 Å². The summed E-state index contributed by atoms with van der Waals surface area (Å²) >= 11 is 1.63. The molecule has 0 spiro atoms. The summed E-state index contributed by atoms with van der Waals surface area (Å²) in [4.78, 5) is 21.1. The van der Waals surface area contributed by atoms with Gasteiger partial charge >= 0.3 is 5.97 Å². The summed E-state index contributed by atoms with van der Waals surface area (Å²) in [6.07, 6.45) is 1.29. The number of esters is 1. The molecule has 0 aliphatic heterocycles. The lowest BCUT2D eigenvalue weighted by Crippen LogP contribution is -2.08. The van der Waals surface area contributed by atoms with Crippen LogP contribution in [0.15, 0.2) is 10.7 Å². The number of ether oxygens (including phenoxy) is 1. The molecule has 0 aliphatic rings. The van der Waals surface area contributed by atoms with Gasteiger partial charge in [-0.3, -0.25) is 0 Å². The first-order valence-electron chi connectivity index (χ1n) is 6.34. The minimum atomic E-state index is -0.484. The van der Waals surface area contributed by atoms with E-state index in [4.69, 9.17) is 9.15 Å². The second-order valence-electron chi connectivity index (χ2n) is 4.31. The first-order valence-corrected chi connectivity index (χ1v) is 7.16. The average molecular weight is 295 g/mol. The van der Waals surface area contributed by atoms with Gasteiger partial charge < -0.3 is 14.5 Å². The van der Waals surface area contributed by atoms with E-state index in [1.165, 1.54) is 6.26 Å². The fourth-order valence-corrected chi connectivity index (χ4v) is 2.77. The van der Waals surface area contributed by atoms with Crippen LogP contribution in [0.3, 0.4) is 0 Å². The summed E-state index contributed by atoms with van der Waals surface area (Å²) in [6, 6.07) is 0.306. The molecule has 0 amide bonds. The largest absolute Gasteiger partial charge is 0.461 e. The van der Waals surface area contributed by atoms with Crippen molar-refractivity contribution >= 4 is 23.3 Å². The molecule has 7 heteroatoms. The van der Waals surface area contributed by atoms with E-state index in [1.54, 1.807) is 18.3 Å². The molecule has 2 rings (SSSR count). The molecule has 1 N–H and O–H groups in total. The van der Waals surface area contributed by atoms with Crippen LogP contribution in [0.1, 0.15) is 46.0 Å². The third-order valence-electron chi connectivity index (χ3n) is 2.66. The predicted octanol–water partition coefficient (Wildman–Crippen LogP) is 3.10. The zero-order valence-corrected chi connectivity index (χ0v) is 12.7. The molecular weight excluding hydrogens is 278 g/mol. The second-order valence-corrected chi connectivity index (χ2v) is 5.54. The first kappa shape index (κ1) is 14.5. The Morgan fingerprint density at radius 3 is 2.85 bits per heavy atom. The van der Waals surface area contributed by atoms with Gasteiger partial charge in [0.25, 0.3) is 6.01 Å². The molecule has 2 heterocycles. The van der Waals surface area contributed by atoms with Crippen LogP contribution in [0.25, 0.3) is 0 Å². The monoisotopic (exact) mass is 295 g/mol. The molecule has 0 aromatic carbocycles. The zero-order valence-electron chi connectivity index (χ0n) is 11.9. The molecule has 20 heavy (non-hydrogen) atoms. The lowest BCUT2D eigenvalue weighted by Gasteiger charge is -2.10. The summed E-state index contributed by atoms with van der Waals surface area (Å²) in [5, 5.41) is 4.13. The topological polar surface area (TPSA) is 77.2 Å². The minimum absolute atomic E-state index is 0.00916. The molecule has 1 atom stereocenters. The van der Waals surface area contributed by atoms with E-state index in [0.29, 0.717) is 12.6 Å². The molecule has 1 unspecified atom stereocenters. The third kappa shape index (κ3) is 3.16. The fourth-order valence-electron chi connectivity index (χ4n) is 1.84. The van der Waals surface area contributed by atoms with Gasteiger partial charge in [0.2, 0.25) is 0 Å². The van der Waals surface area contributed by atoms with Crippen molar-refractivity contribution in [2.45, 2.75) is 33.7 Å². The van der Waals surface area contributed by atoms with Gasteiger partial charge in [0.05, 0.1) is 23.4 Å². The normalized spacial score (nSPS) is 12.2. The van der Waals surface area contributed by atoms with E-state index >= 15 is 0 Å². The number of rotatable bonds is 5.